The van der Waals surface area contributed by atoms with Crippen LogP contribution >= 0.6 is 0 Å². The van der Waals surface area contributed by atoms with Crippen molar-refractivity contribution in [2.75, 3.05) is 11.5 Å². The van der Waals surface area contributed by atoms with Gasteiger partial charge in [0.2, 0.25) is 0 Å². The molecule has 0 N–H and O–H groups in total. The summed E-state index contributed by atoms with van der Waals surface area (Å²) in [7, 11) is -2.84. The zero-order valence-corrected chi connectivity index (χ0v) is 16.8. The number of rotatable bonds is 4. The molecule has 1 saturated heterocycles. The van der Waals surface area contributed by atoms with E-state index in [1.165, 1.54) is 38.5 Å². The van der Waals surface area contributed by atoms with Crippen molar-refractivity contribution in [1.29, 1.82) is 0 Å². The Balaban J connectivity index is 1.45. The minimum Gasteiger partial charge on any atom is -0.247 e. The Labute approximate surface area is 156 Å². The number of sulfone groups is 1. The molecule has 4 aliphatic carbocycles. The number of aromatic nitrogens is 3. The molecule has 0 amide bonds. The predicted molar refractivity (Wildman–Crippen MR) is 101 cm³/mol. The first-order valence-electron chi connectivity index (χ1n) is 10.5. The molecule has 0 spiro atoms. The van der Waals surface area contributed by atoms with Gasteiger partial charge in [0.15, 0.2) is 15.7 Å². The Hall–Kier alpha value is -0.910. The molecule has 6 heteroatoms. The second-order valence-corrected chi connectivity index (χ2v) is 12.3. The van der Waals surface area contributed by atoms with E-state index in [1.54, 1.807) is 0 Å². The van der Waals surface area contributed by atoms with Crippen LogP contribution in [0, 0.1) is 23.7 Å². The summed E-state index contributed by atoms with van der Waals surface area (Å²) in [6.07, 6.45) is 9.65. The van der Waals surface area contributed by atoms with Crippen LogP contribution in [-0.4, -0.2) is 34.7 Å². The molecule has 0 unspecified atom stereocenters. The van der Waals surface area contributed by atoms with Crippen molar-refractivity contribution in [2.24, 2.45) is 23.7 Å². The van der Waals surface area contributed by atoms with Crippen LogP contribution < -0.4 is 0 Å². The van der Waals surface area contributed by atoms with Crippen LogP contribution in [0.25, 0.3) is 0 Å². The van der Waals surface area contributed by atoms with Crippen molar-refractivity contribution in [2.45, 2.75) is 76.7 Å². The summed E-state index contributed by atoms with van der Waals surface area (Å²) in [5, 5.41) is 5.03. The molecule has 1 aromatic rings. The third kappa shape index (κ3) is 2.83. The average Bonchev–Trinajstić information content (AvgIpc) is 3.10. The maximum Gasteiger partial charge on any atom is 0.157 e. The monoisotopic (exact) mass is 377 g/mol. The average molecular weight is 378 g/mol. The van der Waals surface area contributed by atoms with Gasteiger partial charge in [-0.05, 0) is 82.5 Å². The Morgan fingerprint density at radius 1 is 1.12 bits per heavy atom. The lowest BCUT2D eigenvalue weighted by Crippen LogP contribution is -2.49. The number of nitrogens with zero attached hydrogens (tertiary/aromatic N) is 3. The molecule has 4 bridgehead atoms. The first-order chi connectivity index (χ1) is 12.3. The maximum atomic E-state index is 11.8. The Kier molecular flexibility index (Phi) is 3.83. The van der Waals surface area contributed by atoms with Crippen LogP contribution in [0.15, 0.2) is 0 Å². The van der Waals surface area contributed by atoms with E-state index in [-0.39, 0.29) is 17.4 Å². The van der Waals surface area contributed by atoms with Gasteiger partial charge in [-0.3, -0.25) is 0 Å². The normalized spacial score (nSPS) is 40.6. The van der Waals surface area contributed by atoms with Crippen LogP contribution in [0.3, 0.4) is 0 Å². The predicted octanol–water partition coefficient (Wildman–Crippen LogP) is 3.30. The van der Waals surface area contributed by atoms with Crippen LogP contribution in [0.4, 0.5) is 0 Å². The van der Waals surface area contributed by atoms with Crippen molar-refractivity contribution < 1.29 is 8.42 Å². The lowest BCUT2D eigenvalue weighted by atomic mass is 9.49. The van der Waals surface area contributed by atoms with Gasteiger partial charge in [0, 0.05) is 17.9 Å². The van der Waals surface area contributed by atoms with Gasteiger partial charge in [-0.15, -0.1) is 0 Å². The fraction of sp³-hybridized carbons (Fsp3) is 0.900. The van der Waals surface area contributed by atoms with Gasteiger partial charge in [0.1, 0.15) is 5.82 Å². The lowest BCUT2D eigenvalue weighted by Gasteiger charge is -2.55. The zero-order chi connectivity index (χ0) is 18.1. The van der Waals surface area contributed by atoms with Crippen LogP contribution in [0.2, 0.25) is 0 Å². The van der Waals surface area contributed by atoms with Gasteiger partial charge in [0.25, 0.3) is 0 Å². The summed E-state index contributed by atoms with van der Waals surface area (Å²) in [5.41, 5.74) is 0.214. The molecule has 0 aromatic carbocycles. The van der Waals surface area contributed by atoms with E-state index in [4.69, 9.17) is 10.1 Å². The van der Waals surface area contributed by atoms with E-state index in [0.717, 1.165) is 42.2 Å². The number of hydrogen-bond donors (Lipinski definition) is 0. The largest absolute Gasteiger partial charge is 0.247 e. The van der Waals surface area contributed by atoms with E-state index in [1.807, 2.05) is 0 Å². The van der Waals surface area contributed by atoms with Crippen molar-refractivity contribution in [3.05, 3.63) is 11.6 Å². The first kappa shape index (κ1) is 17.2. The summed E-state index contributed by atoms with van der Waals surface area (Å²) >= 11 is 0. The standard InChI is InChI=1S/C20H31N3O2S/c1-13(2)23-18(8-14-3-4-26(24,25)12-14)21-19(22-23)20-9-15-5-16(10-20)7-17(6-15)11-20/h13-17H,3-12H2,1-2H3/t14-,15?,16?,17?,20?/m0/s1. The van der Waals surface area contributed by atoms with Gasteiger partial charge in [-0.1, -0.05) is 0 Å². The molecule has 1 aromatic heterocycles. The summed E-state index contributed by atoms with van der Waals surface area (Å²) in [5.74, 6) is 5.64. The molecule has 2 heterocycles. The summed E-state index contributed by atoms with van der Waals surface area (Å²) in [6, 6.07) is 0.276. The second kappa shape index (κ2) is 5.79. The highest BCUT2D eigenvalue weighted by molar-refractivity contribution is 7.91. The highest BCUT2D eigenvalue weighted by atomic mass is 32.2. The maximum absolute atomic E-state index is 11.8. The van der Waals surface area contributed by atoms with Gasteiger partial charge in [-0.25, -0.2) is 18.1 Å². The molecular weight excluding hydrogens is 346 g/mol. The molecule has 0 radical (unpaired) electrons. The topological polar surface area (TPSA) is 64.8 Å². The lowest BCUT2D eigenvalue weighted by molar-refractivity contribution is -0.00950. The molecule has 5 fully saturated rings. The molecule has 5 nitrogen and oxygen atoms in total. The Bertz CT molecular complexity index is 776. The molecule has 26 heavy (non-hydrogen) atoms. The summed E-state index contributed by atoms with van der Waals surface area (Å²) in [4.78, 5) is 5.09. The third-order valence-electron chi connectivity index (χ3n) is 7.50. The van der Waals surface area contributed by atoms with Crippen molar-refractivity contribution in [1.82, 2.24) is 14.8 Å². The molecule has 5 aliphatic rings. The highest BCUT2D eigenvalue weighted by Gasteiger charge is 2.53. The van der Waals surface area contributed by atoms with Crippen molar-refractivity contribution in [3.8, 4) is 0 Å². The van der Waals surface area contributed by atoms with Crippen molar-refractivity contribution in [3.63, 3.8) is 0 Å². The SMILES string of the molecule is CC(C)n1nc(C23CC4CC(CC(C4)C2)C3)nc1C[C@@H]1CCS(=O)(=O)C1. The molecule has 144 valence electrons. The van der Waals surface area contributed by atoms with E-state index in [2.05, 4.69) is 18.5 Å². The zero-order valence-electron chi connectivity index (χ0n) is 16.0. The van der Waals surface area contributed by atoms with Crippen LogP contribution in [0.5, 0.6) is 0 Å². The van der Waals surface area contributed by atoms with Crippen LogP contribution in [0.1, 0.15) is 76.5 Å². The van der Waals surface area contributed by atoms with Gasteiger partial charge < -0.3 is 0 Å². The fourth-order valence-electron chi connectivity index (χ4n) is 6.81. The van der Waals surface area contributed by atoms with Gasteiger partial charge in [0.05, 0.1) is 11.5 Å². The van der Waals surface area contributed by atoms with Gasteiger partial charge >= 0.3 is 0 Å². The Morgan fingerprint density at radius 3 is 2.23 bits per heavy atom. The van der Waals surface area contributed by atoms with Crippen molar-refractivity contribution >= 4 is 9.84 Å². The molecule has 1 atom stereocenters. The minimum atomic E-state index is -2.84. The molecule has 4 saturated carbocycles. The quantitative estimate of drug-likeness (QED) is 0.807. The van der Waals surface area contributed by atoms with Crippen LogP contribution in [-0.2, 0) is 21.7 Å². The summed E-state index contributed by atoms with van der Waals surface area (Å²) in [6.45, 7) is 4.32. The second-order valence-electron chi connectivity index (χ2n) is 10.1. The van der Waals surface area contributed by atoms with E-state index in [9.17, 15) is 8.42 Å². The first-order valence-corrected chi connectivity index (χ1v) is 12.3. The third-order valence-corrected chi connectivity index (χ3v) is 9.34. The molecular formula is C20H31N3O2S. The fourth-order valence-corrected chi connectivity index (χ4v) is 8.67. The number of hydrogen-bond acceptors (Lipinski definition) is 4. The van der Waals surface area contributed by atoms with E-state index < -0.39 is 9.84 Å². The van der Waals surface area contributed by atoms with Gasteiger partial charge in [-0.2, -0.15) is 5.10 Å². The highest BCUT2D eigenvalue weighted by Crippen LogP contribution is 2.60. The smallest absolute Gasteiger partial charge is 0.157 e. The van der Waals surface area contributed by atoms with E-state index in [0.29, 0.717) is 11.5 Å². The molecule has 6 rings (SSSR count). The Morgan fingerprint density at radius 2 is 1.73 bits per heavy atom. The molecule has 1 aliphatic heterocycles. The minimum absolute atomic E-state index is 0.214. The summed E-state index contributed by atoms with van der Waals surface area (Å²) < 4.78 is 25.8. The van der Waals surface area contributed by atoms with E-state index >= 15 is 0 Å².